The van der Waals surface area contributed by atoms with Crippen LogP contribution in [0.5, 0.6) is 0 Å². The van der Waals surface area contributed by atoms with Crippen molar-refractivity contribution in [2.45, 2.75) is 26.7 Å². The van der Waals surface area contributed by atoms with Crippen LogP contribution in [-0.4, -0.2) is 13.1 Å². The molecule has 0 fully saturated rings. The maximum Gasteiger partial charge on any atom is 0.310 e. The molecule has 1 rings (SSSR count). The normalized spacial score (nSPS) is 9.62. The second-order valence-corrected chi connectivity index (χ2v) is 3.61. The number of carbonyl (C=O) groups excluding carboxylic acids is 1. The Hall–Kier alpha value is -1.82. The Morgan fingerprint density at radius 3 is 2.62 bits per heavy atom. The monoisotopic (exact) mass is 217 g/mol. The van der Waals surface area contributed by atoms with Crippen molar-refractivity contribution in [1.29, 1.82) is 5.26 Å². The summed E-state index contributed by atoms with van der Waals surface area (Å²) in [5.74, 6) is -0.309. The van der Waals surface area contributed by atoms with Crippen molar-refractivity contribution in [1.82, 2.24) is 0 Å². The molecule has 3 nitrogen and oxygen atoms in total. The highest BCUT2D eigenvalue weighted by Crippen LogP contribution is 2.20. The molecule has 0 aliphatic rings. The Morgan fingerprint density at radius 1 is 1.44 bits per heavy atom. The van der Waals surface area contributed by atoms with Crippen molar-refractivity contribution >= 4 is 5.97 Å². The first-order valence-corrected chi connectivity index (χ1v) is 5.22. The number of aryl methyl sites for hydroxylation is 1. The fraction of sp³-hybridized carbons (Fsp3) is 0.385. The predicted molar refractivity (Wildman–Crippen MR) is 61.0 cm³/mol. The second-order valence-electron chi connectivity index (χ2n) is 3.61. The molecule has 0 N–H and O–H groups in total. The lowest BCUT2D eigenvalue weighted by molar-refractivity contribution is -0.139. The fourth-order valence-corrected chi connectivity index (χ4v) is 1.83. The van der Waals surface area contributed by atoms with Crippen molar-refractivity contribution in [3.8, 4) is 6.07 Å². The number of rotatable bonds is 3. The minimum atomic E-state index is -0.309. The van der Waals surface area contributed by atoms with Gasteiger partial charge in [0.05, 0.1) is 25.2 Å². The maximum atomic E-state index is 11.3. The summed E-state index contributed by atoms with van der Waals surface area (Å²) < 4.78 is 4.64. The maximum absolute atomic E-state index is 11.3. The highest BCUT2D eigenvalue weighted by Gasteiger charge is 2.13. The molecule has 0 aliphatic carbocycles. The van der Waals surface area contributed by atoms with Crippen LogP contribution in [0.4, 0.5) is 0 Å². The van der Waals surface area contributed by atoms with Gasteiger partial charge < -0.3 is 4.74 Å². The molecule has 0 heterocycles. The third-order valence-electron chi connectivity index (χ3n) is 2.69. The fourth-order valence-electron chi connectivity index (χ4n) is 1.83. The lowest BCUT2D eigenvalue weighted by atomic mass is 9.93. The van der Waals surface area contributed by atoms with Gasteiger partial charge in [-0.05, 0) is 36.1 Å². The Labute approximate surface area is 95.7 Å². The minimum absolute atomic E-state index is 0.171. The van der Waals surface area contributed by atoms with Gasteiger partial charge >= 0.3 is 5.97 Å². The van der Waals surface area contributed by atoms with E-state index in [-0.39, 0.29) is 12.4 Å². The minimum Gasteiger partial charge on any atom is -0.469 e. The first kappa shape index (κ1) is 12.3. The van der Waals surface area contributed by atoms with E-state index in [1.54, 1.807) is 6.07 Å². The van der Waals surface area contributed by atoms with Crippen LogP contribution in [0.25, 0.3) is 0 Å². The average Bonchev–Trinajstić information content (AvgIpc) is 2.29. The van der Waals surface area contributed by atoms with E-state index >= 15 is 0 Å². The van der Waals surface area contributed by atoms with E-state index in [0.717, 1.165) is 23.1 Å². The summed E-state index contributed by atoms with van der Waals surface area (Å²) in [5, 5.41) is 9.01. The van der Waals surface area contributed by atoms with E-state index in [2.05, 4.69) is 10.8 Å². The summed E-state index contributed by atoms with van der Waals surface area (Å²) in [6.07, 6.45) is 0.984. The third kappa shape index (κ3) is 2.40. The van der Waals surface area contributed by atoms with Gasteiger partial charge in [-0.2, -0.15) is 5.26 Å². The molecule has 3 heteroatoms. The number of methoxy groups -OCH3 is 1. The van der Waals surface area contributed by atoms with Crippen LogP contribution in [0.1, 0.15) is 29.2 Å². The van der Waals surface area contributed by atoms with Crippen molar-refractivity contribution in [2.75, 3.05) is 7.11 Å². The highest BCUT2D eigenvalue weighted by molar-refractivity contribution is 5.74. The van der Waals surface area contributed by atoms with Crippen LogP contribution in [-0.2, 0) is 22.4 Å². The number of hydrogen-bond acceptors (Lipinski definition) is 3. The summed E-state index contributed by atoms with van der Waals surface area (Å²) in [4.78, 5) is 11.3. The molecular weight excluding hydrogens is 202 g/mol. The molecule has 0 aromatic heterocycles. The van der Waals surface area contributed by atoms with Crippen molar-refractivity contribution < 1.29 is 9.53 Å². The number of benzene rings is 1. The SMILES string of the molecule is CCc1c(C)ccc(C#N)c1CC(=O)OC. The van der Waals surface area contributed by atoms with Gasteiger partial charge in [-0.25, -0.2) is 0 Å². The molecule has 1 aromatic rings. The van der Waals surface area contributed by atoms with Crippen LogP contribution in [0.2, 0.25) is 0 Å². The van der Waals surface area contributed by atoms with Crippen molar-refractivity contribution in [3.63, 3.8) is 0 Å². The van der Waals surface area contributed by atoms with Crippen LogP contribution < -0.4 is 0 Å². The number of nitrogens with zero attached hydrogens (tertiary/aromatic N) is 1. The number of hydrogen-bond donors (Lipinski definition) is 0. The zero-order valence-electron chi connectivity index (χ0n) is 9.83. The van der Waals surface area contributed by atoms with Gasteiger partial charge in [0.25, 0.3) is 0 Å². The summed E-state index contributed by atoms with van der Waals surface area (Å²) in [5.41, 5.74) is 3.55. The van der Waals surface area contributed by atoms with E-state index in [0.29, 0.717) is 5.56 Å². The smallest absolute Gasteiger partial charge is 0.310 e. The molecule has 84 valence electrons. The summed E-state index contributed by atoms with van der Waals surface area (Å²) in [7, 11) is 1.36. The molecule has 0 atom stereocenters. The molecule has 0 amide bonds. The zero-order valence-corrected chi connectivity index (χ0v) is 9.83. The van der Waals surface area contributed by atoms with Gasteiger partial charge in [-0.3, -0.25) is 4.79 Å². The standard InChI is InChI=1S/C13H15NO2/c1-4-11-9(2)5-6-10(8-14)12(11)7-13(15)16-3/h5-6H,4,7H2,1-3H3. The van der Waals surface area contributed by atoms with Crippen LogP contribution in [0, 0.1) is 18.3 Å². The third-order valence-corrected chi connectivity index (χ3v) is 2.69. The highest BCUT2D eigenvalue weighted by atomic mass is 16.5. The van der Waals surface area contributed by atoms with Crippen LogP contribution in [0.15, 0.2) is 12.1 Å². The van der Waals surface area contributed by atoms with Crippen LogP contribution >= 0.6 is 0 Å². The van der Waals surface area contributed by atoms with Gasteiger partial charge in [-0.15, -0.1) is 0 Å². The number of esters is 1. The first-order valence-electron chi connectivity index (χ1n) is 5.22. The van der Waals surface area contributed by atoms with Gasteiger partial charge in [0, 0.05) is 0 Å². The molecule has 0 saturated carbocycles. The Bertz CT molecular complexity index is 444. The van der Waals surface area contributed by atoms with Crippen molar-refractivity contribution in [2.24, 2.45) is 0 Å². The van der Waals surface area contributed by atoms with E-state index in [4.69, 9.17) is 5.26 Å². The van der Waals surface area contributed by atoms with Gasteiger partial charge in [0.1, 0.15) is 0 Å². The topological polar surface area (TPSA) is 50.1 Å². The molecule has 0 bridgehead atoms. The molecule has 0 saturated heterocycles. The number of ether oxygens (including phenoxy) is 1. The molecule has 0 unspecified atom stereocenters. The second kappa shape index (κ2) is 5.32. The predicted octanol–water partition coefficient (Wildman–Crippen LogP) is 2.14. The Kier molecular flexibility index (Phi) is 4.07. The van der Waals surface area contributed by atoms with Crippen LogP contribution in [0.3, 0.4) is 0 Å². The number of carbonyl (C=O) groups is 1. The Morgan fingerprint density at radius 2 is 2.12 bits per heavy atom. The largest absolute Gasteiger partial charge is 0.469 e. The molecular formula is C13H15NO2. The quantitative estimate of drug-likeness (QED) is 0.729. The molecule has 0 spiro atoms. The van der Waals surface area contributed by atoms with E-state index < -0.39 is 0 Å². The lowest BCUT2D eigenvalue weighted by Gasteiger charge is -2.11. The molecule has 0 radical (unpaired) electrons. The molecule has 16 heavy (non-hydrogen) atoms. The van der Waals surface area contributed by atoms with Gasteiger partial charge in [0.15, 0.2) is 0 Å². The number of nitriles is 1. The zero-order chi connectivity index (χ0) is 12.1. The Balaban J connectivity index is 3.26. The van der Waals surface area contributed by atoms with Gasteiger partial charge in [0.2, 0.25) is 0 Å². The van der Waals surface area contributed by atoms with Gasteiger partial charge in [-0.1, -0.05) is 13.0 Å². The van der Waals surface area contributed by atoms with Crippen molar-refractivity contribution in [3.05, 3.63) is 34.4 Å². The summed E-state index contributed by atoms with van der Waals surface area (Å²) in [6, 6.07) is 5.79. The first-order chi connectivity index (χ1) is 7.63. The lowest BCUT2D eigenvalue weighted by Crippen LogP contribution is -2.09. The summed E-state index contributed by atoms with van der Waals surface area (Å²) in [6.45, 7) is 4.00. The average molecular weight is 217 g/mol. The van der Waals surface area contributed by atoms with E-state index in [1.165, 1.54) is 7.11 Å². The molecule has 0 aliphatic heterocycles. The van der Waals surface area contributed by atoms with E-state index in [9.17, 15) is 4.79 Å². The summed E-state index contributed by atoms with van der Waals surface area (Å²) >= 11 is 0. The van der Waals surface area contributed by atoms with E-state index in [1.807, 2.05) is 19.9 Å². The molecule has 1 aromatic carbocycles.